The first-order valence-corrected chi connectivity index (χ1v) is 7.21. The van der Waals surface area contributed by atoms with E-state index in [0.29, 0.717) is 18.3 Å². The fourth-order valence-corrected chi connectivity index (χ4v) is 2.69. The number of hydrogen-bond donors (Lipinski definition) is 1. The van der Waals surface area contributed by atoms with E-state index in [1.165, 1.54) is 0 Å². The quantitative estimate of drug-likeness (QED) is 0.863. The second-order valence-electron chi connectivity index (χ2n) is 5.51. The summed E-state index contributed by atoms with van der Waals surface area (Å²) >= 11 is 0. The lowest BCUT2D eigenvalue weighted by Crippen LogP contribution is -2.28. The number of rotatable bonds is 6. The fourth-order valence-electron chi connectivity index (χ4n) is 2.69. The van der Waals surface area contributed by atoms with Gasteiger partial charge in [0.1, 0.15) is 5.60 Å². The number of nitrogens with zero attached hydrogens (tertiary/aromatic N) is 2. The Hall–Kier alpha value is -1.43. The predicted molar refractivity (Wildman–Crippen MR) is 71.3 cm³/mol. The van der Waals surface area contributed by atoms with Gasteiger partial charge >= 0.3 is 5.97 Å². The molecule has 0 aromatic carbocycles. The zero-order valence-electron chi connectivity index (χ0n) is 12.3. The van der Waals surface area contributed by atoms with E-state index in [9.17, 15) is 4.79 Å². The highest BCUT2D eigenvalue weighted by molar-refractivity contribution is 5.70. The average Bonchev–Trinajstić information content (AvgIpc) is 3.06. The van der Waals surface area contributed by atoms with Gasteiger partial charge in [-0.3, -0.25) is 4.79 Å². The lowest BCUT2D eigenvalue weighted by Gasteiger charge is -2.24. The first kappa shape index (κ1) is 15.0. The Balaban J connectivity index is 2.21. The predicted octanol–water partition coefficient (Wildman–Crippen LogP) is 2.70. The first-order chi connectivity index (χ1) is 9.50. The molecule has 0 aliphatic heterocycles. The molecule has 1 heterocycles. The lowest BCUT2D eigenvalue weighted by atomic mass is 9.96. The average molecular weight is 282 g/mol. The minimum absolute atomic E-state index is 0.311. The number of carboxylic acids is 1. The molecule has 1 aromatic heterocycles. The fraction of sp³-hybridized carbons (Fsp3) is 0.786. The van der Waals surface area contributed by atoms with Crippen molar-refractivity contribution in [3.8, 4) is 0 Å². The van der Waals surface area contributed by atoms with E-state index in [0.717, 1.165) is 25.7 Å². The molecule has 0 saturated heterocycles. The van der Waals surface area contributed by atoms with Crippen LogP contribution in [-0.2, 0) is 15.1 Å². The molecule has 20 heavy (non-hydrogen) atoms. The molecule has 1 fully saturated rings. The molecule has 1 N–H and O–H groups in total. The van der Waals surface area contributed by atoms with Crippen LogP contribution in [-0.4, -0.2) is 27.8 Å². The Kier molecular flexibility index (Phi) is 4.42. The van der Waals surface area contributed by atoms with Crippen LogP contribution >= 0.6 is 0 Å². The summed E-state index contributed by atoms with van der Waals surface area (Å²) in [4.78, 5) is 15.4. The van der Waals surface area contributed by atoms with Crippen LogP contribution in [0.3, 0.4) is 0 Å². The summed E-state index contributed by atoms with van der Waals surface area (Å²) < 4.78 is 11.2. The summed E-state index contributed by atoms with van der Waals surface area (Å²) in [5, 5.41) is 13.1. The van der Waals surface area contributed by atoms with Crippen molar-refractivity contribution in [2.24, 2.45) is 5.92 Å². The number of carbonyl (C=O) groups is 1. The second-order valence-corrected chi connectivity index (χ2v) is 5.51. The maximum atomic E-state index is 11.0. The molecule has 6 heteroatoms. The van der Waals surface area contributed by atoms with Gasteiger partial charge in [0, 0.05) is 12.5 Å². The van der Waals surface area contributed by atoms with E-state index in [1.54, 1.807) is 13.8 Å². The van der Waals surface area contributed by atoms with Crippen LogP contribution in [0.4, 0.5) is 0 Å². The summed E-state index contributed by atoms with van der Waals surface area (Å²) in [5.41, 5.74) is -0.442. The van der Waals surface area contributed by atoms with Crippen molar-refractivity contribution >= 4 is 5.97 Å². The standard InChI is InChI=1S/C14H22N2O4/c1-4-19-14(7-5-6-8-14)13-15-11(20-16-13)9(2)10(3)12(17)18/h9-10H,4-8H2,1-3H3,(H,17,18). The summed E-state index contributed by atoms with van der Waals surface area (Å²) in [7, 11) is 0. The normalized spacial score (nSPS) is 20.8. The third kappa shape index (κ3) is 2.70. The Morgan fingerprint density at radius 1 is 1.45 bits per heavy atom. The maximum absolute atomic E-state index is 11.0. The Labute approximate surface area is 118 Å². The van der Waals surface area contributed by atoms with Crippen LogP contribution in [0.5, 0.6) is 0 Å². The molecule has 2 unspecified atom stereocenters. The zero-order valence-corrected chi connectivity index (χ0v) is 12.3. The molecule has 0 radical (unpaired) electrons. The summed E-state index contributed by atoms with van der Waals surface area (Å²) in [5.74, 6) is -0.793. The first-order valence-electron chi connectivity index (χ1n) is 7.21. The van der Waals surface area contributed by atoms with Crippen LogP contribution in [0.1, 0.15) is 64.1 Å². The number of hydrogen-bond acceptors (Lipinski definition) is 5. The number of aliphatic carboxylic acids is 1. The van der Waals surface area contributed by atoms with Crippen molar-refractivity contribution in [3.63, 3.8) is 0 Å². The largest absolute Gasteiger partial charge is 0.481 e. The van der Waals surface area contributed by atoms with Crippen molar-refractivity contribution in [2.45, 2.75) is 58.0 Å². The topological polar surface area (TPSA) is 85.5 Å². The molecule has 1 aliphatic rings. The van der Waals surface area contributed by atoms with Crippen molar-refractivity contribution in [1.82, 2.24) is 10.1 Å². The van der Waals surface area contributed by atoms with Crippen molar-refractivity contribution < 1.29 is 19.2 Å². The third-order valence-electron chi connectivity index (χ3n) is 4.21. The van der Waals surface area contributed by atoms with E-state index >= 15 is 0 Å². The van der Waals surface area contributed by atoms with Gasteiger partial charge in [-0.05, 0) is 32.6 Å². The number of carboxylic acid groups (broad SMARTS) is 1. The summed E-state index contributed by atoms with van der Waals surface area (Å²) in [6, 6.07) is 0. The molecule has 0 bridgehead atoms. The monoisotopic (exact) mass is 282 g/mol. The van der Waals surface area contributed by atoms with Crippen molar-refractivity contribution in [2.75, 3.05) is 6.61 Å². The summed E-state index contributed by atoms with van der Waals surface area (Å²) in [6.07, 6.45) is 3.96. The third-order valence-corrected chi connectivity index (χ3v) is 4.21. The van der Waals surface area contributed by atoms with Crippen LogP contribution in [0.15, 0.2) is 4.52 Å². The highest BCUT2D eigenvalue weighted by Gasteiger charge is 2.41. The molecule has 6 nitrogen and oxygen atoms in total. The van der Waals surface area contributed by atoms with Crippen LogP contribution < -0.4 is 0 Å². The van der Waals surface area contributed by atoms with Gasteiger partial charge in [0.2, 0.25) is 11.7 Å². The molecular weight excluding hydrogens is 260 g/mol. The van der Waals surface area contributed by atoms with Gasteiger partial charge in [-0.25, -0.2) is 0 Å². The minimum atomic E-state index is -0.863. The van der Waals surface area contributed by atoms with E-state index in [2.05, 4.69) is 10.1 Å². The van der Waals surface area contributed by atoms with E-state index < -0.39 is 17.5 Å². The zero-order chi connectivity index (χ0) is 14.8. The molecule has 1 saturated carbocycles. The lowest BCUT2D eigenvalue weighted by molar-refractivity contribution is -0.141. The van der Waals surface area contributed by atoms with Gasteiger partial charge in [-0.2, -0.15) is 4.98 Å². The Bertz CT molecular complexity index is 465. The molecule has 1 aliphatic carbocycles. The summed E-state index contributed by atoms with van der Waals surface area (Å²) in [6.45, 7) is 5.99. The van der Waals surface area contributed by atoms with Gasteiger partial charge in [-0.15, -0.1) is 0 Å². The number of ether oxygens (including phenoxy) is 1. The molecule has 2 atom stereocenters. The highest BCUT2D eigenvalue weighted by Crippen LogP contribution is 2.41. The van der Waals surface area contributed by atoms with Crippen molar-refractivity contribution in [3.05, 3.63) is 11.7 Å². The maximum Gasteiger partial charge on any atom is 0.307 e. The molecule has 0 spiro atoms. The Morgan fingerprint density at radius 2 is 2.10 bits per heavy atom. The van der Waals surface area contributed by atoms with Gasteiger partial charge in [-0.1, -0.05) is 19.0 Å². The smallest absolute Gasteiger partial charge is 0.307 e. The molecular formula is C14H22N2O4. The van der Waals surface area contributed by atoms with Crippen LogP contribution in [0.25, 0.3) is 0 Å². The van der Waals surface area contributed by atoms with E-state index in [1.807, 2.05) is 6.92 Å². The van der Waals surface area contributed by atoms with Gasteiger partial charge < -0.3 is 14.4 Å². The number of aromatic nitrogens is 2. The van der Waals surface area contributed by atoms with E-state index in [-0.39, 0.29) is 5.92 Å². The second kappa shape index (κ2) is 5.91. The van der Waals surface area contributed by atoms with E-state index in [4.69, 9.17) is 14.4 Å². The molecule has 0 amide bonds. The molecule has 2 rings (SSSR count). The minimum Gasteiger partial charge on any atom is -0.481 e. The van der Waals surface area contributed by atoms with Crippen molar-refractivity contribution in [1.29, 1.82) is 0 Å². The van der Waals surface area contributed by atoms with Crippen LogP contribution in [0.2, 0.25) is 0 Å². The molecule has 112 valence electrons. The van der Waals surface area contributed by atoms with Gasteiger partial charge in [0.15, 0.2) is 0 Å². The Morgan fingerprint density at radius 3 is 2.65 bits per heavy atom. The SMILES string of the molecule is CCOC1(c2noc(C(C)C(C)C(=O)O)n2)CCCC1. The van der Waals surface area contributed by atoms with Crippen LogP contribution in [0, 0.1) is 5.92 Å². The van der Waals surface area contributed by atoms with Gasteiger partial charge in [0.05, 0.1) is 5.92 Å². The van der Waals surface area contributed by atoms with Gasteiger partial charge in [0.25, 0.3) is 0 Å². The highest BCUT2D eigenvalue weighted by atomic mass is 16.5. The molecule has 1 aromatic rings.